The zero-order valence-corrected chi connectivity index (χ0v) is 9.10. The van der Waals surface area contributed by atoms with Gasteiger partial charge in [0.25, 0.3) is 0 Å². The summed E-state index contributed by atoms with van der Waals surface area (Å²) < 4.78 is 0. The van der Waals surface area contributed by atoms with Gasteiger partial charge in [0.1, 0.15) is 0 Å². The van der Waals surface area contributed by atoms with E-state index >= 15 is 0 Å². The second-order valence-electron chi connectivity index (χ2n) is 6.61. The largest absolute Gasteiger partial charge is 0.0882 e. The molecular weight excluding hydrogens is 180 g/mol. The number of rotatable bonds is 0. The van der Waals surface area contributed by atoms with Gasteiger partial charge in [-0.05, 0) is 66.6 Å². The van der Waals surface area contributed by atoms with Crippen molar-refractivity contribution in [1.82, 2.24) is 0 Å². The second kappa shape index (κ2) is 2.12. The van der Waals surface area contributed by atoms with Crippen molar-refractivity contribution in [1.29, 1.82) is 0 Å². The molecule has 7 unspecified atom stereocenters. The van der Waals surface area contributed by atoms with E-state index in [4.69, 9.17) is 0 Å². The monoisotopic (exact) mass is 198 g/mol. The average Bonchev–Trinajstić information content (AvgIpc) is 2.66. The van der Waals surface area contributed by atoms with E-state index in [1.165, 1.54) is 19.3 Å². The molecule has 0 aromatic carbocycles. The Hall–Kier alpha value is -0.520. The van der Waals surface area contributed by atoms with Crippen LogP contribution in [0.2, 0.25) is 0 Å². The third-order valence-electron chi connectivity index (χ3n) is 6.50. The molecule has 5 aliphatic carbocycles. The van der Waals surface area contributed by atoms with E-state index in [1.54, 1.807) is 6.42 Å². The first-order valence-electron chi connectivity index (χ1n) is 6.74. The maximum absolute atomic E-state index is 2.58. The van der Waals surface area contributed by atoms with Crippen LogP contribution in [0.25, 0.3) is 0 Å². The molecule has 2 bridgehead atoms. The standard InChI is InChI=1S/C15H18/c1-2-4-12-11(3-1)13-8-15(13)10-6-5-9(7-10)14(12)15/h1-2,5-6,9-14H,3-4,7-8H2. The molecule has 5 rings (SSSR count). The highest BCUT2D eigenvalue weighted by molar-refractivity contribution is 5.33. The molecule has 0 saturated heterocycles. The summed E-state index contributed by atoms with van der Waals surface area (Å²) in [5, 5.41) is 0. The van der Waals surface area contributed by atoms with Crippen molar-refractivity contribution in [2.24, 2.45) is 40.9 Å². The van der Waals surface area contributed by atoms with Gasteiger partial charge in [-0.2, -0.15) is 0 Å². The quantitative estimate of drug-likeness (QED) is 0.523. The summed E-state index contributed by atoms with van der Waals surface area (Å²) in [5.41, 5.74) is 0.848. The Morgan fingerprint density at radius 3 is 2.80 bits per heavy atom. The highest BCUT2D eigenvalue weighted by Gasteiger charge is 2.76. The normalized spacial score (nSPS) is 66.7. The van der Waals surface area contributed by atoms with Crippen LogP contribution < -0.4 is 0 Å². The molecule has 0 N–H and O–H groups in total. The molecule has 0 aromatic rings. The van der Waals surface area contributed by atoms with Gasteiger partial charge in [-0.15, -0.1) is 0 Å². The van der Waals surface area contributed by atoms with Crippen molar-refractivity contribution in [3.8, 4) is 0 Å². The van der Waals surface area contributed by atoms with Gasteiger partial charge < -0.3 is 0 Å². The Kier molecular flexibility index (Phi) is 1.09. The number of fused-ring (bicyclic) bond motifs is 6. The van der Waals surface area contributed by atoms with Crippen molar-refractivity contribution in [3.63, 3.8) is 0 Å². The summed E-state index contributed by atoms with van der Waals surface area (Å²) in [6, 6.07) is 0. The minimum Gasteiger partial charge on any atom is -0.0882 e. The maximum Gasteiger partial charge on any atom is -0.0163 e. The van der Waals surface area contributed by atoms with Crippen LogP contribution in [0.1, 0.15) is 25.7 Å². The van der Waals surface area contributed by atoms with Crippen molar-refractivity contribution >= 4 is 0 Å². The molecular formula is C15H18. The third kappa shape index (κ3) is 0.645. The van der Waals surface area contributed by atoms with Crippen LogP contribution in [-0.2, 0) is 0 Å². The Morgan fingerprint density at radius 2 is 1.87 bits per heavy atom. The lowest BCUT2D eigenvalue weighted by atomic mass is 9.71. The molecule has 7 atom stereocenters. The first-order valence-corrected chi connectivity index (χ1v) is 6.74. The summed E-state index contributed by atoms with van der Waals surface area (Å²) >= 11 is 0. The zero-order chi connectivity index (χ0) is 9.62. The van der Waals surface area contributed by atoms with Gasteiger partial charge in [0.2, 0.25) is 0 Å². The van der Waals surface area contributed by atoms with Crippen LogP contribution in [0.3, 0.4) is 0 Å². The smallest absolute Gasteiger partial charge is 0.0163 e. The summed E-state index contributed by atoms with van der Waals surface area (Å²) in [5.74, 6) is 6.40. The van der Waals surface area contributed by atoms with E-state index in [2.05, 4.69) is 24.3 Å². The summed E-state index contributed by atoms with van der Waals surface area (Å²) in [4.78, 5) is 0. The van der Waals surface area contributed by atoms with E-state index in [1.807, 2.05) is 0 Å². The maximum atomic E-state index is 2.58. The number of allylic oxidation sites excluding steroid dienone is 4. The van der Waals surface area contributed by atoms with Gasteiger partial charge >= 0.3 is 0 Å². The van der Waals surface area contributed by atoms with E-state index in [-0.39, 0.29) is 0 Å². The van der Waals surface area contributed by atoms with Crippen LogP contribution in [0, 0.1) is 40.9 Å². The highest BCUT2D eigenvalue weighted by Crippen LogP contribution is 2.82. The molecule has 1 spiro atoms. The lowest BCUT2D eigenvalue weighted by Gasteiger charge is -2.33. The zero-order valence-electron chi connectivity index (χ0n) is 9.10. The number of hydrogen-bond acceptors (Lipinski definition) is 0. The predicted molar refractivity (Wildman–Crippen MR) is 60.1 cm³/mol. The molecule has 0 aliphatic heterocycles. The van der Waals surface area contributed by atoms with Gasteiger partial charge in [0.05, 0.1) is 0 Å². The Balaban J connectivity index is 1.66. The molecule has 0 nitrogen and oxygen atoms in total. The second-order valence-corrected chi connectivity index (χ2v) is 6.61. The van der Waals surface area contributed by atoms with E-state index in [9.17, 15) is 0 Å². The molecule has 0 aromatic heterocycles. The van der Waals surface area contributed by atoms with Gasteiger partial charge in [-0.25, -0.2) is 0 Å². The van der Waals surface area contributed by atoms with Crippen LogP contribution >= 0.6 is 0 Å². The van der Waals surface area contributed by atoms with Crippen LogP contribution in [0.15, 0.2) is 24.3 Å². The molecule has 0 heteroatoms. The predicted octanol–water partition coefficient (Wildman–Crippen LogP) is 3.41. The first kappa shape index (κ1) is 7.70. The lowest BCUT2D eigenvalue weighted by molar-refractivity contribution is 0.199. The fourth-order valence-corrected chi connectivity index (χ4v) is 6.17. The summed E-state index contributed by atoms with van der Waals surface area (Å²) in [6.07, 6.45) is 16.0. The first-order chi connectivity index (χ1) is 7.41. The Labute approximate surface area is 91.4 Å². The fourth-order valence-electron chi connectivity index (χ4n) is 6.17. The molecule has 15 heavy (non-hydrogen) atoms. The minimum atomic E-state index is 0.848. The van der Waals surface area contributed by atoms with E-state index in [0.717, 1.165) is 40.9 Å². The fraction of sp³-hybridized carbons (Fsp3) is 0.733. The summed E-state index contributed by atoms with van der Waals surface area (Å²) in [6.45, 7) is 0. The molecule has 5 aliphatic rings. The van der Waals surface area contributed by atoms with Gasteiger partial charge in [0, 0.05) is 0 Å². The van der Waals surface area contributed by atoms with Crippen molar-refractivity contribution in [2.75, 3.05) is 0 Å². The van der Waals surface area contributed by atoms with Crippen LogP contribution in [0.4, 0.5) is 0 Å². The molecule has 0 heterocycles. The Morgan fingerprint density at radius 1 is 1.00 bits per heavy atom. The van der Waals surface area contributed by atoms with Gasteiger partial charge in [0.15, 0.2) is 0 Å². The molecule has 3 saturated carbocycles. The van der Waals surface area contributed by atoms with Crippen molar-refractivity contribution in [3.05, 3.63) is 24.3 Å². The van der Waals surface area contributed by atoms with Gasteiger partial charge in [-0.3, -0.25) is 0 Å². The number of hydrogen-bond donors (Lipinski definition) is 0. The summed E-state index contributed by atoms with van der Waals surface area (Å²) in [7, 11) is 0. The molecule has 3 fully saturated rings. The average molecular weight is 198 g/mol. The van der Waals surface area contributed by atoms with E-state index < -0.39 is 0 Å². The topological polar surface area (TPSA) is 0 Å². The third-order valence-corrected chi connectivity index (χ3v) is 6.50. The lowest BCUT2D eigenvalue weighted by Crippen LogP contribution is -2.27. The van der Waals surface area contributed by atoms with Crippen LogP contribution in [0.5, 0.6) is 0 Å². The molecule has 78 valence electrons. The van der Waals surface area contributed by atoms with Crippen LogP contribution in [-0.4, -0.2) is 0 Å². The Bertz CT molecular complexity index is 391. The van der Waals surface area contributed by atoms with Crippen molar-refractivity contribution in [2.45, 2.75) is 25.7 Å². The highest BCUT2D eigenvalue weighted by atomic mass is 14.8. The minimum absolute atomic E-state index is 0.848. The SMILES string of the molecule is C1=CCC2C(C1)C1CC13C1C=CC(C1)C23. The molecule has 0 amide bonds. The van der Waals surface area contributed by atoms with Crippen molar-refractivity contribution < 1.29 is 0 Å². The molecule has 0 radical (unpaired) electrons. The van der Waals surface area contributed by atoms with Gasteiger partial charge in [-0.1, -0.05) is 24.3 Å². The van der Waals surface area contributed by atoms with E-state index in [0.29, 0.717) is 0 Å².